The maximum atomic E-state index is 5.81. The molecule has 3 rings (SSSR count). The van der Waals surface area contributed by atoms with Crippen LogP contribution >= 0.6 is 39.1 Å². The van der Waals surface area contributed by atoms with E-state index in [1.807, 2.05) is 16.8 Å². The lowest BCUT2D eigenvalue weighted by Crippen LogP contribution is -2.05. The van der Waals surface area contributed by atoms with Crippen molar-refractivity contribution in [3.05, 3.63) is 57.5 Å². The van der Waals surface area contributed by atoms with Crippen molar-refractivity contribution in [1.29, 1.82) is 0 Å². The summed E-state index contributed by atoms with van der Waals surface area (Å²) >= 11 is 15.0. The molecule has 3 aromatic heterocycles. The van der Waals surface area contributed by atoms with Crippen LogP contribution in [0, 0.1) is 0 Å². The molecule has 0 unspecified atom stereocenters. The molecule has 0 N–H and O–H groups in total. The maximum Gasteiger partial charge on any atom is 0.148 e. The molecule has 5 nitrogen and oxygen atoms in total. The monoisotopic (exact) mass is 383 g/mol. The first-order chi connectivity index (χ1) is 10.1. The van der Waals surface area contributed by atoms with Gasteiger partial charge >= 0.3 is 0 Å². The van der Waals surface area contributed by atoms with Crippen LogP contribution in [0.1, 0.15) is 5.82 Å². The zero-order chi connectivity index (χ0) is 14.8. The molecule has 0 amide bonds. The number of imidazole rings is 1. The third-order valence-corrected chi connectivity index (χ3v) is 3.52. The smallest absolute Gasteiger partial charge is 0.148 e. The Bertz CT molecular complexity index is 755. The molecule has 0 aliphatic heterocycles. The molecule has 0 aliphatic carbocycles. The van der Waals surface area contributed by atoms with Gasteiger partial charge in [-0.05, 0) is 28.1 Å². The van der Waals surface area contributed by atoms with Crippen molar-refractivity contribution in [3.8, 4) is 11.4 Å². The Labute approximate surface area is 139 Å². The van der Waals surface area contributed by atoms with E-state index >= 15 is 0 Å². The standard InChI is InChI=1S/C13H8BrCl2N5/c14-10-6-21(7-12-18-4-9(15)5-19-12)13(20-10)8-1-2-11(16)17-3-8/h1-6H,7H2. The highest BCUT2D eigenvalue weighted by Crippen LogP contribution is 2.22. The summed E-state index contributed by atoms with van der Waals surface area (Å²) in [6.07, 6.45) is 6.68. The number of nitrogens with zero attached hydrogens (tertiary/aromatic N) is 5. The highest BCUT2D eigenvalue weighted by molar-refractivity contribution is 9.10. The number of rotatable bonds is 3. The second-order valence-corrected chi connectivity index (χ2v) is 5.84. The van der Waals surface area contributed by atoms with E-state index in [1.165, 1.54) is 0 Å². The first-order valence-electron chi connectivity index (χ1n) is 5.93. The summed E-state index contributed by atoms with van der Waals surface area (Å²) in [4.78, 5) is 16.9. The first-order valence-corrected chi connectivity index (χ1v) is 7.48. The van der Waals surface area contributed by atoms with E-state index < -0.39 is 0 Å². The molecule has 0 aliphatic rings. The third-order valence-electron chi connectivity index (χ3n) is 2.72. The minimum atomic E-state index is 0.442. The van der Waals surface area contributed by atoms with Gasteiger partial charge in [-0.2, -0.15) is 0 Å². The van der Waals surface area contributed by atoms with E-state index in [0.29, 0.717) is 22.5 Å². The van der Waals surface area contributed by atoms with Gasteiger partial charge in [-0.15, -0.1) is 0 Å². The molecular weight excluding hydrogens is 377 g/mol. The van der Waals surface area contributed by atoms with E-state index in [2.05, 4.69) is 35.9 Å². The van der Waals surface area contributed by atoms with Crippen LogP contribution in [0.2, 0.25) is 10.2 Å². The zero-order valence-electron chi connectivity index (χ0n) is 10.5. The van der Waals surface area contributed by atoms with Crippen LogP contribution in [0.5, 0.6) is 0 Å². The van der Waals surface area contributed by atoms with Crippen molar-refractivity contribution in [3.63, 3.8) is 0 Å². The number of aromatic nitrogens is 5. The van der Waals surface area contributed by atoms with Crippen LogP contribution in [-0.4, -0.2) is 24.5 Å². The van der Waals surface area contributed by atoms with Crippen molar-refractivity contribution < 1.29 is 0 Å². The lowest BCUT2D eigenvalue weighted by Gasteiger charge is -2.06. The molecule has 0 bridgehead atoms. The SMILES string of the molecule is Clc1cnc(Cn2cc(Br)nc2-c2ccc(Cl)nc2)nc1. The van der Waals surface area contributed by atoms with Crippen LogP contribution < -0.4 is 0 Å². The van der Waals surface area contributed by atoms with Gasteiger partial charge < -0.3 is 4.57 Å². The Hall–Kier alpha value is -1.50. The number of hydrogen-bond acceptors (Lipinski definition) is 4. The van der Waals surface area contributed by atoms with Crippen molar-refractivity contribution >= 4 is 39.1 Å². The van der Waals surface area contributed by atoms with E-state index in [-0.39, 0.29) is 0 Å². The van der Waals surface area contributed by atoms with Crippen LogP contribution in [-0.2, 0) is 6.54 Å². The quantitative estimate of drug-likeness (QED) is 0.643. The number of hydrogen-bond donors (Lipinski definition) is 0. The van der Waals surface area contributed by atoms with Crippen molar-refractivity contribution in [2.75, 3.05) is 0 Å². The van der Waals surface area contributed by atoms with Crippen molar-refractivity contribution in [2.24, 2.45) is 0 Å². The molecule has 0 fully saturated rings. The second-order valence-electron chi connectivity index (χ2n) is 4.20. The normalized spacial score (nSPS) is 10.8. The van der Waals surface area contributed by atoms with Gasteiger partial charge in [0, 0.05) is 30.4 Å². The van der Waals surface area contributed by atoms with Gasteiger partial charge in [0.1, 0.15) is 21.4 Å². The van der Waals surface area contributed by atoms with Crippen molar-refractivity contribution in [1.82, 2.24) is 24.5 Å². The van der Waals surface area contributed by atoms with Crippen LogP contribution in [0.3, 0.4) is 0 Å². The number of halogens is 3. The fourth-order valence-electron chi connectivity index (χ4n) is 1.82. The van der Waals surface area contributed by atoms with Crippen LogP contribution in [0.4, 0.5) is 0 Å². The summed E-state index contributed by atoms with van der Waals surface area (Å²) in [5.41, 5.74) is 0.860. The Kier molecular flexibility index (Phi) is 4.19. The van der Waals surface area contributed by atoms with E-state index in [9.17, 15) is 0 Å². The fourth-order valence-corrected chi connectivity index (χ4v) is 2.44. The minimum absolute atomic E-state index is 0.442. The molecular formula is C13H8BrCl2N5. The Morgan fingerprint density at radius 2 is 1.81 bits per heavy atom. The average Bonchev–Trinajstić information content (AvgIpc) is 2.83. The third kappa shape index (κ3) is 3.40. The summed E-state index contributed by atoms with van der Waals surface area (Å²) in [7, 11) is 0. The van der Waals surface area contributed by atoms with Gasteiger partial charge in [-0.25, -0.2) is 19.9 Å². The largest absolute Gasteiger partial charge is 0.322 e. The lowest BCUT2D eigenvalue weighted by atomic mass is 10.2. The van der Waals surface area contributed by atoms with E-state index in [4.69, 9.17) is 23.2 Å². The fraction of sp³-hybridized carbons (Fsp3) is 0.0769. The summed E-state index contributed by atoms with van der Waals surface area (Å²) in [6, 6.07) is 3.59. The van der Waals surface area contributed by atoms with Crippen molar-refractivity contribution in [2.45, 2.75) is 6.54 Å². The summed E-state index contributed by atoms with van der Waals surface area (Å²) in [5, 5.41) is 0.949. The Balaban J connectivity index is 1.95. The van der Waals surface area contributed by atoms with Crippen LogP contribution in [0.15, 0.2) is 41.5 Å². The average molecular weight is 385 g/mol. The number of pyridine rings is 1. The summed E-state index contributed by atoms with van der Waals surface area (Å²) in [6.45, 7) is 0.480. The van der Waals surface area contributed by atoms with Crippen LogP contribution in [0.25, 0.3) is 11.4 Å². The summed E-state index contributed by atoms with van der Waals surface area (Å²) in [5.74, 6) is 1.40. The minimum Gasteiger partial charge on any atom is -0.322 e. The van der Waals surface area contributed by atoms with Gasteiger partial charge in [0.2, 0.25) is 0 Å². The van der Waals surface area contributed by atoms with E-state index in [1.54, 1.807) is 24.7 Å². The molecule has 8 heteroatoms. The first kappa shape index (κ1) is 14.4. The molecule has 0 radical (unpaired) electrons. The van der Waals surface area contributed by atoms with Gasteiger partial charge in [-0.1, -0.05) is 23.2 Å². The molecule has 0 saturated heterocycles. The molecule has 3 heterocycles. The predicted molar refractivity (Wildman–Crippen MR) is 84.3 cm³/mol. The predicted octanol–water partition coefficient (Wildman–Crippen LogP) is 3.85. The van der Waals surface area contributed by atoms with Gasteiger partial charge in [0.15, 0.2) is 0 Å². The lowest BCUT2D eigenvalue weighted by molar-refractivity contribution is 0.749. The highest BCUT2D eigenvalue weighted by Gasteiger charge is 2.11. The topological polar surface area (TPSA) is 56.5 Å². The highest BCUT2D eigenvalue weighted by atomic mass is 79.9. The van der Waals surface area contributed by atoms with Gasteiger partial charge in [0.25, 0.3) is 0 Å². The maximum absolute atomic E-state index is 5.81. The van der Waals surface area contributed by atoms with E-state index in [0.717, 1.165) is 16.0 Å². The summed E-state index contributed by atoms with van der Waals surface area (Å²) < 4.78 is 2.65. The molecule has 21 heavy (non-hydrogen) atoms. The molecule has 3 aromatic rings. The second kappa shape index (κ2) is 6.09. The molecule has 0 spiro atoms. The Morgan fingerprint density at radius 1 is 1.05 bits per heavy atom. The Morgan fingerprint density at radius 3 is 2.48 bits per heavy atom. The van der Waals surface area contributed by atoms with Gasteiger partial charge in [0.05, 0.1) is 11.6 Å². The zero-order valence-corrected chi connectivity index (χ0v) is 13.6. The molecule has 0 atom stereocenters. The molecule has 106 valence electrons. The molecule has 0 saturated carbocycles. The molecule has 0 aromatic carbocycles. The van der Waals surface area contributed by atoms with Gasteiger partial charge in [-0.3, -0.25) is 0 Å².